The molecule has 0 spiro atoms. The molecule has 0 bridgehead atoms. The highest BCUT2D eigenvalue weighted by Crippen LogP contribution is 2.15. The summed E-state index contributed by atoms with van der Waals surface area (Å²) in [5, 5.41) is 4.10. The Morgan fingerprint density at radius 1 is 1.37 bits per heavy atom. The third kappa shape index (κ3) is 5.12. The van der Waals surface area contributed by atoms with Gasteiger partial charge in [0.25, 0.3) is 5.91 Å². The first-order valence-corrected chi connectivity index (χ1v) is 7.36. The molecule has 0 saturated carbocycles. The average molecular weight is 266 g/mol. The van der Waals surface area contributed by atoms with E-state index in [2.05, 4.69) is 29.7 Å². The Balaban J connectivity index is 1.64. The van der Waals surface area contributed by atoms with Crippen LogP contribution in [-0.4, -0.2) is 51.9 Å². The smallest absolute Gasteiger partial charge is 0.295 e. The van der Waals surface area contributed by atoms with Crippen LogP contribution >= 0.6 is 0 Å². The van der Waals surface area contributed by atoms with Gasteiger partial charge in [0.1, 0.15) is 26.2 Å². The van der Waals surface area contributed by atoms with Gasteiger partial charge in [-0.15, -0.1) is 0 Å². The number of hydrogen-bond donors (Lipinski definition) is 3. The number of allylic oxidation sites excluding steroid dienone is 2. The Bertz CT molecular complexity index is 345. The fourth-order valence-electron chi connectivity index (χ4n) is 2.64. The molecule has 1 atom stereocenters. The van der Waals surface area contributed by atoms with Gasteiger partial charge in [-0.05, 0) is 25.2 Å². The zero-order chi connectivity index (χ0) is 13.5. The van der Waals surface area contributed by atoms with E-state index in [1.165, 1.54) is 4.90 Å². The molecule has 2 rings (SSSR count). The van der Waals surface area contributed by atoms with E-state index in [-0.39, 0.29) is 5.91 Å². The molecule has 1 heterocycles. The van der Waals surface area contributed by atoms with E-state index in [0.717, 1.165) is 45.4 Å². The minimum Gasteiger partial charge on any atom is -0.328 e. The van der Waals surface area contributed by atoms with Crippen molar-refractivity contribution in [2.24, 2.45) is 11.0 Å². The Morgan fingerprint density at radius 3 is 2.84 bits per heavy atom. The van der Waals surface area contributed by atoms with Crippen LogP contribution in [0.3, 0.4) is 0 Å². The Labute approximate surface area is 115 Å². The molecule has 1 amide bonds. The minimum absolute atomic E-state index is 0.0390. The molecule has 1 aliphatic carbocycles. The quantitative estimate of drug-likeness (QED) is 0.304. The summed E-state index contributed by atoms with van der Waals surface area (Å²) in [6.45, 7) is 5.02. The first kappa shape index (κ1) is 14.2. The van der Waals surface area contributed by atoms with Gasteiger partial charge < -0.3 is 9.80 Å². The topological polar surface area (TPSA) is 50.3 Å². The fourth-order valence-corrected chi connectivity index (χ4v) is 2.64. The summed E-state index contributed by atoms with van der Waals surface area (Å²) in [4.78, 5) is 14.7. The van der Waals surface area contributed by atoms with E-state index in [1.807, 2.05) is 6.21 Å². The van der Waals surface area contributed by atoms with Gasteiger partial charge in [-0.2, -0.15) is 5.10 Å². The van der Waals surface area contributed by atoms with Crippen molar-refractivity contribution in [3.8, 4) is 0 Å². The van der Waals surface area contributed by atoms with Gasteiger partial charge in [-0.25, -0.2) is 5.43 Å². The molecule has 5 nitrogen and oxygen atoms in total. The van der Waals surface area contributed by atoms with Crippen molar-refractivity contribution in [1.29, 1.82) is 0 Å². The summed E-state index contributed by atoms with van der Waals surface area (Å²) in [5.74, 6) is 0.530. The van der Waals surface area contributed by atoms with Crippen LogP contribution in [-0.2, 0) is 4.79 Å². The molecule has 3 N–H and O–H groups in total. The van der Waals surface area contributed by atoms with Crippen molar-refractivity contribution >= 4 is 12.1 Å². The summed E-state index contributed by atoms with van der Waals surface area (Å²) in [6, 6.07) is 0. The SMILES string of the molecule is C[NH+]1CC[NH+](CC(=O)N/N=C\[C@H]2CC=CCC2)CC1. The number of likely N-dealkylation sites (N-methyl/N-ethyl adjacent to an activating group) is 1. The molecule has 0 aromatic carbocycles. The van der Waals surface area contributed by atoms with Crippen molar-refractivity contribution in [3.05, 3.63) is 12.2 Å². The highest BCUT2D eigenvalue weighted by molar-refractivity contribution is 5.77. The number of piperazine rings is 1. The molecule has 2 aliphatic rings. The van der Waals surface area contributed by atoms with Crippen LogP contribution in [0.5, 0.6) is 0 Å². The lowest BCUT2D eigenvalue weighted by molar-refractivity contribution is -1.000. The number of quaternary nitrogens is 2. The molecule has 19 heavy (non-hydrogen) atoms. The van der Waals surface area contributed by atoms with Crippen LogP contribution in [0.15, 0.2) is 17.3 Å². The third-order valence-corrected chi connectivity index (χ3v) is 4.01. The lowest BCUT2D eigenvalue weighted by Gasteiger charge is -2.26. The van der Waals surface area contributed by atoms with Gasteiger partial charge in [0.05, 0.1) is 7.05 Å². The molecule has 106 valence electrons. The normalized spacial score (nSPS) is 31.5. The number of nitrogens with zero attached hydrogens (tertiary/aromatic N) is 1. The molecular formula is C14H26N4O+2. The fraction of sp³-hybridized carbons (Fsp3) is 0.714. The summed E-state index contributed by atoms with van der Waals surface area (Å²) >= 11 is 0. The second kappa shape index (κ2) is 7.40. The summed E-state index contributed by atoms with van der Waals surface area (Å²) < 4.78 is 0. The van der Waals surface area contributed by atoms with Crippen LogP contribution in [0.1, 0.15) is 19.3 Å². The molecule has 0 unspecified atom stereocenters. The molecule has 1 saturated heterocycles. The van der Waals surface area contributed by atoms with Crippen molar-refractivity contribution in [3.63, 3.8) is 0 Å². The highest BCUT2D eigenvalue weighted by Gasteiger charge is 2.21. The van der Waals surface area contributed by atoms with Crippen LogP contribution in [0, 0.1) is 5.92 Å². The van der Waals surface area contributed by atoms with Crippen molar-refractivity contribution in [2.45, 2.75) is 19.3 Å². The first-order valence-electron chi connectivity index (χ1n) is 7.36. The number of carbonyl (C=O) groups is 1. The van der Waals surface area contributed by atoms with Crippen LogP contribution < -0.4 is 15.2 Å². The second-order valence-corrected chi connectivity index (χ2v) is 5.74. The molecule has 1 fully saturated rings. The first-order chi connectivity index (χ1) is 9.24. The molecule has 0 aromatic rings. The summed E-state index contributed by atoms with van der Waals surface area (Å²) in [5.41, 5.74) is 2.67. The van der Waals surface area contributed by atoms with Crippen molar-refractivity contribution in [1.82, 2.24) is 5.43 Å². The van der Waals surface area contributed by atoms with Crippen molar-refractivity contribution < 1.29 is 14.6 Å². The monoisotopic (exact) mass is 266 g/mol. The lowest BCUT2D eigenvalue weighted by atomic mass is 9.96. The van der Waals surface area contributed by atoms with Crippen LogP contribution in [0.25, 0.3) is 0 Å². The number of hydrogen-bond acceptors (Lipinski definition) is 2. The van der Waals surface area contributed by atoms with Gasteiger partial charge in [-0.3, -0.25) is 4.79 Å². The Morgan fingerprint density at radius 2 is 2.16 bits per heavy atom. The van der Waals surface area contributed by atoms with E-state index in [1.54, 1.807) is 4.90 Å². The summed E-state index contributed by atoms with van der Waals surface area (Å²) in [6.07, 6.45) is 9.61. The van der Waals surface area contributed by atoms with Gasteiger partial charge in [0, 0.05) is 6.21 Å². The maximum Gasteiger partial charge on any atom is 0.295 e. The number of amides is 1. The van der Waals surface area contributed by atoms with Crippen molar-refractivity contribution in [2.75, 3.05) is 39.8 Å². The van der Waals surface area contributed by atoms with E-state index < -0.39 is 0 Å². The zero-order valence-electron chi connectivity index (χ0n) is 11.8. The zero-order valence-corrected chi connectivity index (χ0v) is 11.8. The van der Waals surface area contributed by atoms with E-state index in [4.69, 9.17) is 0 Å². The number of hydrazone groups is 1. The molecule has 0 aromatic heterocycles. The van der Waals surface area contributed by atoms with Crippen LogP contribution in [0.2, 0.25) is 0 Å². The second-order valence-electron chi connectivity index (χ2n) is 5.74. The van der Waals surface area contributed by atoms with Gasteiger partial charge in [0.2, 0.25) is 0 Å². The predicted octanol–water partition coefficient (Wildman–Crippen LogP) is -2.14. The predicted molar refractivity (Wildman–Crippen MR) is 75.3 cm³/mol. The van der Waals surface area contributed by atoms with E-state index in [0.29, 0.717) is 12.5 Å². The number of rotatable bonds is 4. The van der Waals surface area contributed by atoms with E-state index >= 15 is 0 Å². The van der Waals surface area contributed by atoms with Gasteiger partial charge >= 0.3 is 0 Å². The van der Waals surface area contributed by atoms with E-state index in [9.17, 15) is 4.79 Å². The Hall–Kier alpha value is -1.20. The number of nitrogens with one attached hydrogen (secondary N) is 3. The summed E-state index contributed by atoms with van der Waals surface area (Å²) in [7, 11) is 2.21. The third-order valence-electron chi connectivity index (χ3n) is 4.01. The molecular weight excluding hydrogens is 240 g/mol. The van der Waals surface area contributed by atoms with Gasteiger partial charge in [0.15, 0.2) is 6.54 Å². The number of carbonyl (C=O) groups excluding carboxylic acids is 1. The largest absolute Gasteiger partial charge is 0.328 e. The highest BCUT2D eigenvalue weighted by atomic mass is 16.2. The molecule has 1 aliphatic heterocycles. The molecule has 5 heteroatoms. The minimum atomic E-state index is 0.0390. The maximum atomic E-state index is 11.8. The van der Waals surface area contributed by atoms with Gasteiger partial charge in [-0.1, -0.05) is 12.2 Å². The molecule has 0 radical (unpaired) electrons. The average Bonchev–Trinajstić information content (AvgIpc) is 2.43. The lowest BCUT2D eigenvalue weighted by Crippen LogP contribution is -3.27. The maximum absolute atomic E-state index is 11.8. The van der Waals surface area contributed by atoms with Crippen LogP contribution in [0.4, 0.5) is 0 Å². The standard InChI is InChI=1S/C14H24N4O/c1-17-7-9-18(10-8-17)12-14(19)16-15-11-13-5-3-2-4-6-13/h2-3,11,13H,4-10,12H2,1H3,(H,16,19)/p+2/b15-11-/t13-/m0/s1. The Kier molecular flexibility index (Phi) is 5.54.